The first-order valence-electron chi connectivity index (χ1n) is 5.81. The summed E-state index contributed by atoms with van der Waals surface area (Å²) in [5.41, 5.74) is 6.92. The maximum Gasteiger partial charge on any atom is 0.271 e. The third-order valence-corrected chi connectivity index (χ3v) is 5.77. The first kappa shape index (κ1) is 14.0. The van der Waals surface area contributed by atoms with Gasteiger partial charge in [-0.05, 0) is 25.5 Å². The zero-order valence-electron chi connectivity index (χ0n) is 10.8. The van der Waals surface area contributed by atoms with Gasteiger partial charge in [0, 0.05) is 24.2 Å². The minimum Gasteiger partial charge on any atom is -0.326 e. The molecule has 3 N–H and O–H groups in total. The second-order valence-corrected chi connectivity index (χ2v) is 7.11. The Morgan fingerprint density at radius 2 is 2.26 bits per heavy atom. The van der Waals surface area contributed by atoms with E-state index < -0.39 is 10.0 Å². The summed E-state index contributed by atoms with van der Waals surface area (Å²) >= 11 is 1.20. The highest BCUT2D eigenvalue weighted by Crippen LogP contribution is 2.27. The summed E-state index contributed by atoms with van der Waals surface area (Å²) in [5, 5.41) is 4.02. The van der Waals surface area contributed by atoms with Crippen LogP contribution in [0.25, 0.3) is 0 Å². The number of nitrogens with one attached hydrogen (secondary N) is 1. The molecule has 0 aliphatic rings. The number of hydrogen-bond acceptors (Lipinski definition) is 5. The Bertz CT molecular complexity index is 673. The van der Waals surface area contributed by atoms with E-state index in [0.717, 1.165) is 10.4 Å². The van der Waals surface area contributed by atoms with Gasteiger partial charge in [-0.15, -0.1) is 11.3 Å². The molecule has 2 aromatic heterocycles. The van der Waals surface area contributed by atoms with Crippen molar-refractivity contribution in [1.29, 1.82) is 0 Å². The third kappa shape index (κ3) is 2.96. The van der Waals surface area contributed by atoms with Crippen LogP contribution in [0.2, 0.25) is 0 Å². The molecule has 0 aromatic carbocycles. The maximum absolute atomic E-state index is 12.2. The van der Waals surface area contributed by atoms with E-state index in [-0.39, 0.29) is 4.21 Å². The highest BCUT2D eigenvalue weighted by molar-refractivity contribution is 7.94. The van der Waals surface area contributed by atoms with E-state index >= 15 is 0 Å². The van der Waals surface area contributed by atoms with Crippen molar-refractivity contribution in [3.05, 3.63) is 28.9 Å². The number of aromatic nitrogens is 2. The van der Waals surface area contributed by atoms with Crippen LogP contribution in [0.4, 0.5) is 5.69 Å². The SMILES string of the molecule is CCn1cc(NS(=O)(=O)c2cc(C)c(CN)s2)cn1. The van der Waals surface area contributed by atoms with Crippen LogP contribution in [0, 0.1) is 6.92 Å². The zero-order chi connectivity index (χ0) is 14.0. The number of aryl methyl sites for hydroxylation is 2. The molecule has 0 spiro atoms. The summed E-state index contributed by atoms with van der Waals surface area (Å²) < 4.78 is 28.8. The maximum atomic E-state index is 12.2. The number of nitrogens with zero attached hydrogens (tertiary/aromatic N) is 2. The van der Waals surface area contributed by atoms with Gasteiger partial charge in [-0.1, -0.05) is 0 Å². The lowest BCUT2D eigenvalue weighted by molar-refractivity contribution is 0.603. The fourth-order valence-corrected chi connectivity index (χ4v) is 4.11. The second kappa shape index (κ2) is 5.32. The van der Waals surface area contributed by atoms with Crippen LogP contribution in [0.3, 0.4) is 0 Å². The number of thiophene rings is 1. The van der Waals surface area contributed by atoms with Crippen molar-refractivity contribution >= 4 is 27.0 Å². The van der Waals surface area contributed by atoms with Crippen LogP contribution < -0.4 is 10.5 Å². The van der Waals surface area contributed by atoms with Crippen molar-refractivity contribution in [2.75, 3.05) is 4.72 Å². The number of nitrogens with two attached hydrogens (primary N) is 1. The van der Waals surface area contributed by atoms with Crippen LogP contribution in [-0.4, -0.2) is 18.2 Å². The molecule has 0 saturated heterocycles. The van der Waals surface area contributed by atoms with E-state index in [9.17, 15) is 8.42 Å². The lowest BCUT2D eigenvalue weighted by Gasteiger charge is -2.02. The lowest BCUT2D eigenvalue weighted by atomic mass is 10.3. The summed E-state index contributed by atoms with van der Waals surface area (Å²) in [6.07, 6.45) is 3.15. The summed E-state index contributed by atoms with van der Waals surface area (Å²) in [7, 11) is -3.56. The van der Waals surface area contributed by atoms with E-state index in [1.807, 2.05) is 13.8 Å². The first-order valence-corrected chi connectivity index (χ1v) is 8.11. The molecule has 104 valence electrons. The molecule has 2 heterocycles. The number of hydrogen-bond donors (Lipinski definition) is 2. The molecule has 0 atom stereocenters. The molecule has 6 nitrogen and oxygen atoms in total. The molecule has 0 aliphatic carbocycles. The van der Waals surface area contributed by atoms with E-state index in [0.29, 0.717) is 18.8 Å². The molecule has 2 aromatic rings. The minimum absolute atomic E-state index is 0.273. The van der Waals surface area contributed by atoms with Gasteiger partial charge in [0.05, 0.1) is 11.9 Å². The average Bonchev–Trinajstić information content (AvgIpc) is 2.95. The molecular formula is C11H16N4O2S2. The number of sulfonamides is 1. The third-order valence-electron chi connectivity index (χ3n) is 2.66. The van der Waals surface area contributed by atoms with Crippen molar-refractivity contribution in [1.82, 2.24) is 9.78 Å². The largest absolute Gasteiger partial charge is 0.326 e. The molecule has 0 aliphatic heterocycles. The molecule has 0 radical (unpaired) electrons. The molecule has 19 heavy (non-hydrogen) atoms. The van der Waals surface area contributed by atoms with Crippen molar-refractivity contribution in [2.24, 2.45) is 5.73 Å². The molecular weight excluding hydrogens is 284 g/mol. The summed E-state index contributed by atoms with van der Waals surface area (Å²) in [4.78, 5) is 0.879. The van der Waals surface area contributed by atoms with E-state index in [4.69, 9.17) is 5.73 Å². The highest BCUT2D eigenvalue weighted by Gasteiger charge is 2.19. The molecule has 0 fully saturated rings. The van der Waals surface area contributed by atoms with Crippen molar-refractivity contribution in [3.63, 3.8) is 0 Å². The second-order valence-electron chi connectivity index (χ2n) is 4.07. The Labute approximate surface area is 116 Å². The summed E-state index contributed by atoms with van der Waals surface area (Å²) in [6.45, 7) is 4.82. The quantitative estimate of drug-likeness (QED) is 0.876. The predicted octanol–water partition coefficient (Wildman–Crippen LogP) is 1.53. The molecule has 0 unspecified atom stereocenters. The van der Waals surface area contributed by atoms with Crippen LogP contribution in [0.5, 0.6) is 0 Å². The first-order chi connectivity index (χ1) is 8.96. The molecule has 0 bridgehead atoms. The fourth-order valence-electron chi connectivity index (χ4n) is 1.62. The van der Waals surface area contributed by atoms with Gasteiger partial charge in [0.25, 0.3) is 10.0 Å². The normalized spacial score (nSPS) is 11.7. The number of anilines is 1. The Kier molecular flexibility index (Phi) is 3.93. The Morgan fingerprint density at radius 1 is 1.53 bits per heavy atom. The van der Waals surface area contributed by atoms with E-state index in [1.54, 1.807) is 16.9 Å². The van der Waals surface area contributed by atoms with Gasteiger partial charge in [-0.2, -0.15) is 5.10 Å². The van der Waals surface area contributed by atoms with Gasteiger partial charge in [0.2, 0.25) is 0 Å². The predicted molar refractivity (Wildman–Crippen MR) is 75.7 cm³/mol. The monoisotopic (exact) mass is 300 g/mol. The Balaban J connectivity index is 2.26. The average molecular weight is 300 g/mol. The van der Waals surface area contributed by atoms with Gasteiger partial charge in [0.1, 0.15) is 4.21 Å². The standard InChI is InChI=1S/C11H16N4O2S2/c1-3-15-7-9(6-13-15)14-19(16,17)11-4-8(2)10(5-12)18-11/h4,6-7,14H,3,5,12H2,1-2H3. The van der Waals surface area contributed by atoms with Crippen LogP contribution in [0.15, 0.2) is 22.7 Å². The molecule has 0 saturated carbocycles. The van der Waals surface area contributed by atoms with Crippen LogP contribution in [-0.2, 0) is 23.1 Å². The van der Waals surface area contributed by atoms with E-state index in [2.05, 4.69) is 9.82 Å². The molecule has 2 rings (SSSR count). The number of rotatable bonds is 5. The Morgan fingerprint density at radius 3 is 2.79 bits per heavy atom. The van der Waals surface area contributed by atoms with Gasteiger partial charge < -0.3 is 5.73 Å². The Hall–Kier alpha value is -1.38. The zero-order valence-corrected chi connectivity index (χ0v) is 12.4. The molecule has 8 heteroatoms. The minimum atomic E-state index is -3.56. The van der Waals surface area contributed by atoms with E-state index in [1.165, 1.54) is 17.5 Å². The smallest absolute Gasteiger partial charge is 0.271 e. The lowest BCUT2D eigenvalue weighted by Crippen LogP contribution is -2.10. The fraction of sp³-hybridized carbons (Fsp3) is 0.364. The van der Waals surface area contributed by atoms with Gasteiger partial charge in [0.15, 0.2) is 0 Å². The summed E-state index contributed by atoms with van der Waals surface area (Å²) in [5.74, 6) is 0. The van der Waals surface area contributed by atoms with Crippen molar-refractivity contribution < 1.29 is 8.42 Å². The van der Waals surface area contributed by atoms with Gasteiger partial charge >= 0.3 is 0 Å². The topological polar surface area (TPSA) is 90.0 Å². The highest BCUT2D eigenvalue weighted by atomic mass is 32.2. The van der Waals surface area contributed by atoms with Crippen LogP contribution in [0.1, 0.15) is 17.4 Å². The molecule has 0 amide bonds. The van der Waals surface area contributed by atoms with Crippen molar-refractivity contribution in [2.45, 2.75) is 31.1 Å². The van der Waals surface area contributed by atoms with Gasteiger partial charge in [-0.3, -0.25) is 9.40 Å². The van der Waals surface area contributed by atoms with Crippen molar-refractivity contribution in [3.8, 4) is 0 Å². The van der Waals surface area contributed by atoms with Gasteiger partial charge in [-0.25, -0.2) is 8.42 Å². The van der Waals surface area contributed by atoms with Crippen LogP contribution >= 0.6 is 11.3 Å². The summed E-state index contributed by atoms with van der Waals surface area (Å²) in [6, 6.07) is 1.64.